The predicted octanol–water partition coefficient (Wildman–Crippen LogP) is 3.06. The molecule has 0 radical (unpaired) electrons. The van der Waals surface area contributed by atoms with Crippen LogP contribution in [0.4, 0.5) is 5.69 Å². The minimum atomic E-state index is -3.54. The number of anilines is 1. The molecule has 114 valence electrons. The van der Waals surface area contributed by atoms with Crippen LogP contribution >= 0.6 is 31.9 Å². The number of nitrogens with two attached hydrogens (primary N) is 1. The molecule has 1 heterocycles. The summed E-state index contributed by atoms with van der Waals surface area (Å²) in [4.78, 5) is 0.136. The Morgan fingerprint density at radius 3 is 2.52 bits per heavy atom. The standard InChI is InChI=1S/C13H15Br2N3O2S/c1-3-10-13(15)11(18(2)17-10)7-21(19,20)12-5-4-8(14)6-9(12)16/h4-6H,3,7,16H2,1-2H3. The number of hydrogen-bond acceptors (Lipinski definition) is 4. The third-order valence-corrected chi connectivity index (χ3v) is 6.24. The molecule has 1 aromatic carbocycles. The quantitative estimate of drug-likeness (QED) is 0.747. The number of rotatable bonds is 4. The highest BCUT2D eigenvalue weighted by Crippen LogP contribution is 2.29. The molecular formula is C13H15Br2N3O2S. The van der Waals surface area contributed by atoms with E-state index in [9.17, 15) is 8.42 Å². The summed E-state index contributed by atoms with van der Waals surface area (Å²) >= 11 is 6.70. The minimum absolute atomic E-state index is 0.136. The fourth-order valence-corrected chi connectivity index (χ4v) is 4.90. The van der Waals surface area contributed by atoms with Gasteiger partial charge in [0.2, 0.25) is 0 Å². The SMILES string of the molecule is CCc1nn(C)c(CS(=O)(=O)c2ccc(Br)cc2N)c1Br. The van der Waals surface area contributed by atoms with Gasteiger partial charge in [-0.05, 0) is 40.5 Å². The Morgan fingerprint density at radius 2 is 2.00 bits per heavy atom. The van der Waals surface area contributed by atoms with Crippen LogP contribution in [0.1, 0.15) is 18.3 Å². The van der Waals surface area contributed by atoms with E-state index >= 15 is 0 Å². The number of sulfone groups is 1. The largest absolute Gasteiger partial charge is 0.398 e. The average molecular weight is 437 g/mol. The molecule has 2 aromatic rings. The van der Waals surface area contributed by atoms with Gasteiger partial charge < -0.3 is 5.73 Å². The van der Waals surface area contributed by atoms with Gasteiger partial charge >= 0.3 is 0 Å². The Kier molecular flexibility index (Phi) is 4.79. The van der Waals surface area contributed by atoms with Crippen molar-refractivity contribution >= 4 is 47.4 Å². The number of nitrogen functional groups attached to an aromatic ring is 1. The Balaban J connectivity index is 2.45. The Morgan fingerprint density at radius 1 is 1.33 bits per heavy atom. The van der Waals surface area contributed by atoms with Crippen molar-refractivity contribution < 1.29 is 8.42 Å². The molecule has 0 saturated carbocycles. The zero-order chi connectivity index (χ0) is 15.8. The van der Waals surface area contributed by atoms with Crippen LogP contribution in [-0.4, -0.2) is 18.2 Å². The van der Waals surface area contributed by atoms with Gasteiger partial charge in [-0.2, -0.15) is 5.10 Å². The van der Waals surface area contributed by atoms with Crippen molar-refractivity contribution in [1.29, 1.82) is 0 Å². The molecule has 5 nitrogen and oxygen atoms in total. The van der Waals surface area contributed by atoms with Crippen LogP contribution in [0.3, 0.4) is 0 Å². The summed E-state index contributed by atoms with van der Waals surface area (Å²) in [5, 5.41) is 4.31. The van der Waals surface area contributed by atoms with E-state index in [-0.39, 0.29) is 16.3 Å². The van der Waals surface area contributed by atoms with Gasteiger partial charge in [-0.15, -0.1) is 0 Å². The summed E-state index contributed by atoms with van der Waals surface area (Å²) in [6.07, 6.45) is 0.731. The fraction of sp³-hybridized carbons (Fsp3) is 0.308. The number of benzene rings is 1. The highest BCUT2D eigenvalue weighted by atomic mass is 79.9. The van der Waals surface area contributed by atoms with E-state index in [4.69, 9.17) is 5.73 Å². The number of nitrogens with zero attached hydrogens (tertiary/aromatic N) is 2. The molecule has 0 saturated heterocycles. The zero-order valence-electron chi connectivity index (χ0n) is 11.6. The molecule has 0 aliphatic carbocycles. The maximum atomic E-state index is 12.6. The second-order valence-corrected chi connectivity index (χ2v) is 8.29. The van der Waals surface area contributed by atoms with Crippen molar-refractivity contribution in [3.05, 3.63) is 38.5 Å². The predicted molar refractivity (Wildman–Crippen MR) is 89.7 cm³/mol. The first kappa shape index (κ1) is 16.5. The second kappa shape index (κ2) is 6.10. The Hall–Kier alpha value is -0.860. The van der Waals surface area contributed by atoms with Crippen molar-refractivity contribution in [2.75, 3.05) is 5.73 Å². The molecule has 0 aliphatic rings. The normalized spacial score (nSPS) is 11.8. The summed E-state index contributed by atoms with van der Waals surface area (Å²) in [6, 6.07) is 4.77. The Bertz CT molecular complexity index is 785. The van der Waals surface area contributed by atoms with E-state index in [2.05, 4.69) is 37.0 Å². The first-order valence-corrected chi connectivity index (χ1v) is 9.48. The van der Waals surface area contributed by atoms with E-state index in [0.29, 0.717) is 5.69 Å². The highest BCUT2D eigenvalue weighted by Gasteiger charge is 2.23. The molecule has 0 amide bonds. The molecule has 0 aliphatic heterocycles. The zero-order valence-corrected chi connectivity index (χ0v) is 15.6. The fourth-order valence-electron chi connectivity index (χ4n) is 2.04. The average Bonchev–Trinajstić information content (AvgIpc) is 2.65. The van der Waals surface area contributed by atoms with Gasteiger partial charge in [0.15, 0.2) is 9.84 Å². The van der Waals surface area contributed by atoms with Crippen molar-refractivity contribution in [1.82, 2.24) is 9.78 Å². The first-order valence-electron chi connectivity index (χ1n) is 6.24. The summed E-state index contributed by atoms with van der Waals surface area (Å²) < 4.78 is 28.2. The lowest BCUT2D eigenvalue weighted by atomic mass is 10.3. The molecule has 0 bridgehead atoms. The summed E-state index contributed by atoms with van der Waals surface area (Å²) in [5.74, 6) is -0.150. The maximum Gasteiger partial charge on any atom is 0.186 e. The molecule has 0 spiro atoms. The summed E-state index contributed by atoms with van der Waals surface area (Å²) in [6.45, 7) is 1.97. The van der Waals surface area contributed by atoms with Crippen LogP contribution in [0.5, 0.6) is 0 Å². The van der Waals surface area contributed by atoms with E-state index in [1.165, 1.54) is 6.07 Å². The van der Waals surface area contributed by atoms with E-state index in [0.717, 1.165) is 21.1 Å². The van der Waals surface area contributed by atoms with Gasteiger partial charge in [0.25, 0.3) is 0 Å². The van der Waals surface area contributed by atoms with Gasteiger partial charge in [0.1, 0.15) is 0 Å². The molecule has 8 heteroatoms. The summed E-state index contributed by atoms with van der Waals surface area (Å²) in [7, 11) is -1.80. The lowest BCUT2D eigenvalue weighted by Gasteiger charge is -2.08. The number of halogens is 2. The van der Waals surface area contributed by atoms with Crippen LogP contribution in [0, 0.1) is 0 Å². The van der Waals surface area contributed by atoms with Crippen LogP contribution in [0.15, 0.2) is 32.0 Å². The third-order valence-electron chi connectivity index (χ3n) is 3.14. The maximum absolute atomic E-state index is 12.6. The van der Waals surface area contributed by atoms with Crippen molar-refractivity contribution in [3.63, 3.8) is 0 Å². The number of aromatic nitrogens is 2. The van der Waals surface area contributed by atoms with Gasteiger partial charge in [0.05, 0.1) is 32.2 Å². The molecule has 2 rings (SSSR count). The van der Waals surface area contributed by atoms with Crippen molar-refractivity contribution in [2.45, 2.75) is 24.0 Å². The topological polar surface area (TPSA) is 78.0 Å². The van der Waals surface area contributed by atoms with Crippen LogP contribution in [0.2, 0.25) is 0 Å². The van der Waals surface area contributed by atoms with Crippen LogP contribution in [0.25, 0.3) is 0 Å². The molecule has 0 unspecified atom stereocenters. The lowest BCUT2D eigenvalue weighted by Crippen LogP contribution is -2.11. The molecule has 0 fully saturated rings. The molecule has 21 heavy (non-hydrogen) atoms. The number of aryl methyl sites for hydroxylation is 2. The third kappa shape index (κ3) is 3.32. The smallest absolute Gasteiger partial charge is 0.186 e. The van der Waals surface area contributed by atoms with Gasteiger partial charge in [0, 0.05) is 11.5 Å². The second-order valence-electron chi connectivity index (χ2n) is 4.63. The van der Waals surface area contributed by atoms with E-state index in [1.54, 1.807) is 23.9 Å². The molecule has 0 atom stereocenters. The lowest BCUT2D eigenvalue weighted by molar-refractivity contribution is 0.592. The summed E-state index contributed by atoms with van der Waals surface area (Å²) in [5.41, 5.74) is 7.52. The Labute approximate surface area is 140 Å². The number of hydrogen-bond donors (Lipinski definition) is 1. The van der Waals surface area contributed by atoms with E-state index in [1.807, 2.05) is 6.92 Å². The monoisotopic (exact) mass is 435 g/mol. The van der Waals surface area contributed by atoms with Gasteiger partial charge in [-0.3, -0.25) is 4.68 Å². The van der Waals surface area contributed by atoms with Crippen LogP contribution < -0.4 is 5.73 Å². The highest BCUT2D eigenvalue weighted by molar-refractivity contribution is 9.10. The minimum Gasteiger partial charge on any atom is -0.398 e. The molecular weight excluding hydrogens is 422 g/mol. The van der Waals surface area contributed by atoms with Crippen molar-refractivity contribution in [3.8, 4) is 0 Å². The van der Waals surface area contributed by atoms with E-state index < -0.39 is 9.84 Å². The van der Waals surface area contributed by atoms with Crippen LogP contribution in [-0.2, 0) is 29.1 Å². The van der Waals surface area contributed by atoms with Gasteiger partial charge in [-0.1, -0.05) is 22.9 Å². The van der Waals surface area contributed by atoms with Crippen molar-refractivity contribution in [2.24, 2.45) is 7.05 Å². The molecule has 1 aromatic heterocycles. The molecule has 2 N–H and O–H groups in total. The first-order chi connectivity index (χ1) is 9.76. The van der Waals surface area contributed by atoms with Gasteiger partial charge in [-0.25, -0.2) is 8.42 Å².